The fourth-order valence-corrected chi connectivity index (χ4v) is 19.0. The molecule has 13 rings (SSSR count). The van der Waals surface area contributed by atoms with Crippen molar-refractivity contribution in [1.29, 1.82) is 0 Å². The van der Waals surface area contributed by atoms with Crippen LogP contribution in [0.1, 0.15) is 318 Å². The van der Waals surface area contributed by atoms with Gasteiger partial charge in [-0.05, 0) is 219 Å². The molecule has 4 saturated carbocycles. The first-order valence-corrected chi connectivity index (χ1v) is 37.3. The molecule has 504 valence electrons. The third kappa shape index (κ3) is 13.9. The number of benzene rings is 8. The van der Waals surface area contributed by atoms with Gasteiger partial charge in [-0.25, -0.2) is 0 Å². The average molecular weight is 1290 g/mol. The van der Waals surface area contributed by atoms with E-state index in [1.807, 2.05) is 24.3 Å². The summed E-state index contributed by atoms with van der Waals surface area (Å²) < 4.78 is 0. The molecule has 8 aromatic rings. The van der Waals surface area contributed by atoms with Crippen LogP contribution in [0, 0.1) is 23.7 Å². The maximum Gasteiger partial charge on any atom is 0.123 e. The van der Waals surface area contributed by atoms with E-state index >= 15 is 0 Å². The number of hydrogen-bond donors (Lipinski definition) is 8. The number of rotatable bonds is 16. The molecule has 8 bridgehead atoms. The first-order valence-electron chi connectivity index (χ1n) is 37.3. The van der Waals surface area contributed by atoms with E-state index in [0.29, 0.717) is 68.2 Å². The van der Waals surface area contributed by atoms with Crippen molar-refractivity contribution in [3.05, 3.63) is 235 Å². The average Bonchev–Trinajstić information content (AvgIpc) is 0.743. The zero-order chi connectivity index (χ0) is 66.7. The van der Waals surface area contributed by atoms with Crippen molar-refractivity contribution < 1.29 is 40.9 Å². The van der Waals surface area contributed by atoms with Gasteiger partial charge < -0.3 is 40.9 Å². The molecule has 96 heavy (non-hydrogen) atoms. The van der Waals surface area contributed by atoms with Crippen molar-refractivity contribution >= 4 is 0 Å². The Morgan fingerprint density at radius 2 is 0.354 bits per heavy atom. The Balaban J connectivity index is 1.04. The van der Waals surface area contributed by atoms with Gasteiger partial charge in [0.05, 0.1) is 0 Å². The summed E-state index contributed by atoms with van der Waals surface area (Å²) in [5.41, 5.74) is 11.0. The lowest BCUT2D eigenvalue weighted by molar-refractivity contribution is 0.308. The third-order valence-corrected chi connectivity index (χ3v) is 24.3. The standard InChI is InChI=1S/C88H104O8/c1-5-9-53-13-21-57(22-14-53)61-29-37-65(38-30-61)85-69-45-71(79(91)49-77(69)89)86(66-39-31-62(32-40-66)58-23-15-54(10-6-2)16-24-58)73-47-75(83(95)51-81(73)93)88(68-43-35-64(36-44-68)60-27-19-56(12-8-4)20-28-60)76-48-74(82(94)52-84(76)96)87(72-46-70(85)78(90)50-80(72)92)67-41-33-63(34-42-67)59-25-17-55(11-7-3)18-26-59/h29-60,85-96H,5-28H2,1-4H3. The van der Waals surface area contributed by atoms with Gasteiger partial charge >= 0.3 is 0 Å². The van der Waals surface area contributed by atoms with E-state index < -0.39 is 23.7 Å². The lowest BCUT2D eigenvalue weighted by Gasteiger charge is -2.31. The van der Waals surface area contributed by atoms with Crippen molar-refractivity contribution in [3.8, 4) is 46.0 Å². The van der Waals surface area contributed by atoms with Crippen LogP contribution in [0.3, 0.4) is 0 Å². The van der Waals surface area contributed by atoms with Gasteiger partial charge in [-0.15, -0.1) is 0 Å². The molecular formula is C88H104O8. The second kappa shape index (κ2) is 29.5. The van der Waals surface area contributed by atoms with Gasteiger partial charge in [-0.1, -0.05) is 176 Å². The number of phenols is 8. The molecule has 0 spiro atoms. The van der Waals surface area contributed by atoms with Crippen LogP contribution in [-0.4, -0.2) is 40.9 Å². The van der Waals surface area contributed by atoms with Crippen molar-refractivity contribution in [2.75, 3.05) is 0 Å². The summed E-state index contributed by atoms with van der Waals surface area (Å²) in [7, 11) is 0. The third-order valence-electron chi connectivity index (χ3n) is 24.3. The van der Waals surface area contributed by atoms with E-state index in [1.54, 1.807) is 0 Å². The monoisotopic (exact) mass is 1290 g/mol. The Kier molecular flexibility index (Phi) is 20.5. The van der Waals surface area contributed by atoms with E-state index in [9.17, 15) is 40.9 Å². The number of phenolic OH excluding ortho intramolecular Hbond substituents is 8. The van der Waals surface area contributed by atoms with Crippen LogP contribution in [0.4, 0.5) is 0 Å². The van der Waals surface area contributed by atoms with Crippen LogP contribution in [0.5, 0.6) is 46.0 Å². The zero-order valence-electron chi connectivity index (χ0n) is 57.3. The molecule has 8 aromatic carbocycles. The summed E-state index contributed by atoms with van der Waals surface area (Å²) in [5, 5.41) is 102. The number of hydrogen-bond acceptors (Lipinski definition) is 8. The van der Waals surface area contributed by atoms with Crippen molar-refractivity contribution in [2.24, 2.45) is 23.7 Å². The lowest BCUT2D eigenvalue weighted by atomic mass is 9.73. The zero-order valence-corrected chi connectivity index (χ0v) is 57.3. The minimum atomic E-state index is -0.908. The summed E-state index contributed by atoms with van der Waals surface area (Å²) in [6, 6.07) is 47.0. The molecule has 0 atom stereocenters. The minimum Gasteiger partial charge on any atom is -0.507 e. The molecule has 0 radical (unpaired) electrons. The molecule has 0 unspecified atom stereocenters. The summed E-state index contributed by atoms with van der Waals surface area (Å²) in [5.74, 6) is -0.827. The quantitative estimate of drug-likeness (QED) is 0.0474. The van der Waals surface area contributed by atoms with Gasteiger partial charge in [0, 0.05) is 92.4 Å². The molecule has 4 fully saturated rings. The van der Waals surface area contributed by atoms with Crippen molar-refractivity contribution in [1.82, 2.24) is 0 Å². The molecular weight excluding hydrogens is 1180 g/mol. The first-order chi connectivity index (χ1) is 46.7. The highest BCUT2D eigenvalue weighted by Crippen LogP contribution is 2.55. The molecule has 0 amide bonds. The Hall–Kier alpha value is -7.84. The van der Waals surface area contributed by atoms with E-state index in [4.69, 9.17) is 0 Å². The normalized spacial score (nSPS) is 25.3. The maximum absolute atomic E-state index is 12.7. The van der Waals surface area contributed by atoms with Crippen LogP contribution in [0.2, 0.25) is 0 Å². The molecule has 5 aliphatic rings. The summed E-state index contributed by atoms with van der Waals surface area (Å²) in [6.07, 6.45) is 28.1. The Bertz CT molecular complexity index is 3310. The highest BCUT2D eigenvalue weighted by Gasteiger charge is 2.37. The molecule has 8 N–H and O–H groups in total. The minimum absolute atomic E-state index is 0.215. The largest absolute Gasteiger partial charge is 0.507 e. The van der Waals surface area contributed by atoms with Gasteiger partial charge in [0.1, 0.15) is 46.0 Å². The van der Waals surface area contributed by atoms with Gasteiger partial charge in [-0.3, -0.25) is 0 Å². The fourth-order valence-electron chi connectivity index (χ4n) is 19.0. The van der Waals surface area contributed by atoms with E-state index in [2.05, 4.69) is 125 Å². The molecule has 5 aliphatic carbocycles. The predicted octanol–water partition coefficient (Wildman–Crippen LogP) is 22.7. The maximum atomic E-state index is 12.7. The Morgan fingerprint density at radius 1 is 0.208 bits per heavy atom. The highest BCUT2D eigenvalue weighted by atomic mass is 16.3. The highest BCUT2D eigenvalue weighted by molar-refractivity contribution is 5.67. The SMILES string of the molecule is CCCC1CCC(c2ccc(C3c4cc(c(O)cc4O)C(c4ccc(C5CCC(CCC)CC5)cc4)c4cc(c(O)cc4O)C(c4ccc(C5CCC(CCC)CC5)cc4)c4cc(c(O)cc4O)C(c4ccc(C5CCC(CCC)CC5)cc4)c4cc3c(O)cc4O)cc2)CC1. The van der Waals surface area contributed by atoms with Crippen LogP contribution >= 0.6 is 0 Å². The van der Waals surface area contributed by atoms with Gasteiger partial charge in [0.2, 0.25) is 0 Å². The summed E-state index contributed by atoms with van der Waals surface area (Å²) in [4.78, 5) is 0. The summed E-state index contributed by atoms with van der Waals surface area (Å²) >= 11 is 0. The predicted molar refractivity (Wildman–Crippen MR) is 387 cm³/mol. The second-order valence-electron chi connectivity index (χ2n) is 30.3. The van der Waals surface area contributed by atoms with E-state index in [1.165, 1.54) is 149 Å². The van der Waals surface area contributed by atoms with Crippen LogP contribution in [0.25, 0.3) is 0 Å². The second-order valence-corrected chi connectivity index (χ2v) is 30.3. The van der Waals surface area contributed by atoms with Gasteiger partial charge in [0.15, 0.2) is 0 Å². The smallest absolute Gasteiger partial charge is 0.123 e. The van der Waals surface area contributed by atoms with E-state index in [0.717, 1.165) is 97.3 Å². The van der Waals surface area contributed by atoms with Gasteiger partial charge in [0.25, 0.3) is 0 Å². The van der Waals surface area contributed by atoms with E-state index in [-0.39, 0.29) is 46.0 Å². The Morgan fingerprint density at radius 3 is 0.500 bits per heavy atom. The molecule has 8 heteroatoms. The molecule has 8 nitrogen and oxygen atoms in total. The first kappa shape index (κ1) is 66.8. The molecule has 0 aromatic heterocycles. The summed E-state index contributed by atoms with van der Waals surface area (Å²) in [6.45, 7) is 9.07. The fraction of sp³-hybridized carbons (Fsp3) is 0.455. The molecule has 0 saturated heterocycles. The lowest BCUT2D eigenvalue weighted by Crippen LogP contribution is -2.15. The van der Waals surface area contributed by atoms with Crippen LogP contribution in [-0.2, 0) is 0 Å². The van der Waals surface area contributed by atoms with Gasteiger partial charge in [-0.2, -0.15) is 0 Å². The van der Waals surface area contributed by atoms with Crippen LogP contribution in [0.15, 0.2) is 146 Å². The van der Waals surface area contributed by atoms with Crippen molar-refractivity contribution in [3.63, 3.8) is 0 Å². The topological polar surface area (TPSA) is 162 Å². The number of aromatic hydroxyl groups is 8. The molecule has 0 heterocycles. The Labute approximate surface area is 571 Å². The number of fused-ring (bicyclic) bond motifs is 8. The van der Waals surface area contributed by atoms with Crippen LogP contribution < -0.4 is 0 Å². The molecule has 0 aliphatic heterocycles. The van der Waals surface area contributed by atoms with Crippen molar-refractivity contribution in [2.45, 2.75) is 229 Å².